The van der Waals surface area contributed by atoms with Crippen molar-refractivity contribution in [2.45, 2.75) is 57.5 Å². The van der Waals surface area contributed by atoms with Crippen LogP contribution in [0.3, 0.4) is 0 Å². The van der Waals surface area contributed by atoms with Gasteiger partial charge in [-0.3, -0.25) is 9.89 Å². The number of rotatable bonds is 8. The summed E-state index contributed by atoms with van der Waals surface area (Å²) in [6.45, 7) is 5.92. The van der Waals surface area contributed by atoms with Gasteiger partial charge < -0.3 is 10.6 Å². The zero-order valence-electron chi connectivity index (χ0n) is 16.4. The Labute approximate surface area is 176 Å². The van der Waals surface area contributed by atoms with Crippen LogP contribution in [0.15, 0.2) is 4.99 Å². The van der Waals surface area contributed by atoms with Crippen molar-refractivity contribution in [2.75, 3.05) is 46.0 Å². The first-order valence-corrected chi connectivity index (χ1v) is 11.4. The molecule has 2 fully saturated rings. The van der Waals surface area contributed by atoms with E-state index in [4.69, 9.17) is 0 Å². The van der Waals surface area contributed by atoms with Crippen molar-refractivity contribution in [3.05, 3.63) is 0 Å². The lowest BCUT2D eigenvalue weighted by Crippen LogP contribution is -2.45. The number of hydrogen-bond acceptors (Lipinski definition) is 4. The first kappa shape index (κ1) is 23.9. The Morgan fingerprint density at radius 2 is 1.96 bits per heavy atom. The maximum atomic E-state index is 11.6. The number of guanidine groups is 1. The molecule has 0 radical (unpaired) electrons. The monoisotopic (exact) mass is 501 g/mol. The van der Waals surface area contributed by atoms with E-state index in [0.29, 0.717) is 25.7 Å². The number of nitrogens with zero attached hydrogens (tertiary/aromatic N) is 3. The van der Waals surface area contributed by atoms with Crippen molar-refractivity contribution in [1.29, 1.82) is 0 Å². The van der Waals surface area contributed by atoms with Crippen molar-refractivity contribution in [1.82, 2.24) is 19.8 Å². The molecule has 2 aliphatic rings. The molecule has 2 N–H and O–H groups in total. The Balaban J connectivity index is 0.00000338. The van der Waals surface area contributed by atoms with Gasteiger partial charge in [-0.2, -0.15) is 0 Å². The van der Waals surface area contributed by atoms with Gasteiger partial charge in [-0.1, -0.05) is 19.8 Å². The van der Waals surface area contributed by atoms with Crippen LogP contribution < -0.4 is 10.6 Å². The van der Waals surface area contributed by atoms with Gasteiger partial charge in [-0.05, 0) is 25.7 Å². The smallest absolute Gasteiger partial charge is 0.211 e. The molecule has 9 heteroatoms. The molecule has 0 aromatic rings. The quantitative estimate of drug-likeness (QED) is 0.228. The van der Waals surface area contributed by atoms with Gasteiger partial charge in [-0.15, -0.1) is 24.0 Å². The van der Waals surface area contributed by atoms with Crippen molar-refractivity contribution in [3.63, 3.8) is 0 Å². The van der Waals surface area contributed by atoms with E-state index < -0.39 is 10.0 Å². The number of sulfonamides is 1. The average Bonchev–Trinajstić information content (AvgIpc) is 3.23. The van der Waals surface area contributed by atoms with Gasteiger partial charge >= 0.3 is 0 Å². The van der Waals surface area contributed by atoms with Gasteiger partial charge in [0.15, 0.2) is 5.96 Å². The maximum absolute atomic E-state index is 11.6. The van der Waals surface area contributed by atoms with E-state index in [1.807, 2.05) is 6.92 Å². The maximum Gasteiger partial charge on any atom is 0.211 e. The van der Waals surface area contributed by atoms with Gasteiger partial charge in [0.1, 0.15) is 0 Å². The summed E-state index contributed by atoms with van der Waals surface area (Å²) in [5.74, 6) is 0.820. The second-order valence-corrected chi connectivity index (χ2v) is 9.15. The van der Waals surface area contributed by atoms with Gasteiger partial charge in [0.05, 0.1) is 6.26 Å². The lowest BCUT2D eigenvalue weighted by Gasteiger charge is -2.24. The van der Waals surface area contributed by atoms with Crippen LogP contribution in [0.1, 0.15) is 45.4 Å². The standard InChI is InChI=1S/C17H35N5O2S.HI/c1-4-22(25(3,23)24)12-7-11-19-17(18-2)20-15-10-13-21(14-15)16-8-5-6-9-16;/h15-16H,4-14H2,1-3H3,(H2,18,19,20);1H. The molecule has 1 aliphatic carbocycles. The summed E-state index contributed by atoms with van der Waals surface area (Å²) in [4.78, 5) is 6.93. The van der Waals surface area contributed by atoms with E-state index in [2.05, 4.69) is 20.5 Å². The first-order valence-electron chi connectivity index (χ1n) is 9.60. The minimum Gasteiger partial charge on any atom is -0.356 e. The third kappa shape index (κ3) is 7.47. The molecule has 1 saturated carbocycles. The van der Waals surface area contributed by atoms with E-state index in [0.717, 1.165) is 31.4 Å². The number of aliphatic imine (C=N–C) groups is 1. The number of halogens is 1. The van der Waals surface area contributed by atoms with Crippen molar-refractivity contribution < 1.29 is 8.42 Å². The Morgan fingerprint density at radius 3 is 2.54 bits per heavy atom. The highest BCUT2D eigenvalue weighted by Gasteiger charge is 2.30. The summed E-state index contributed by atoms with van der Waals surface area (Å²) in [6, 6.07) is 1.24. The van der Waals surface area contributed by atoms with Crippen LogP contribution in [-0.2, 0) is 10.0 Å². The summed E-state index contributed by atoms with van der Waals surface area (Å²) in [6.07, 6.45) is 8.66. The van der Waals surface area contributed by atoms with Crippen molar-refractivity contribution in [2.24, 2.45) is 4.99 Å². The molecule has 1 atom stereocenters. The van der Waals surface area contributed by atoms with E-state index in [9.17, 15) is 8.42 Å². The van der Waals surface area contributed by atoms with Crippen LogP contribution in [0, 0.1) is 0 Å². The molecule has 0 spiro atoms. The molecule has 154 valence electrons. The molecule has 0 aromatic heterocycles. The number of likely N-dealkylation sites (tertiary alicyclic amines) is 1. The summed E-state index contributed by atoms with van der Waals surface area (Å²) < 4.78 is 24.7. The molecule has 1 saturated heterocycles. The molecule has 0 aromatic carbocycles. The fourth-order valence-electron chi connectivity index (χ4n) is 3.91. The Morgan fingerprint density at radius 1 is 1.27 bits per heavy atom. The van der Waals surface area contributed by atoms with Crippen LogP contribution >= 0.6 is 24.0 Å². The molecule has 26 heavy (non-hydrogen) atoms. The lowest BCUT2D eigenvalue weighted by molar-refractivity contribution is 0.242. The van der Waals surface area contributed by atoms with E-state index in [1.165, 1.54) is 42.8 Å². The zero-order chi connectivity index (χ0) is 18.3. The summed E-state index contributed by atoms with van der Waals surface area (Å²) in [5.41, 5.74) is 0. The second-order valence-electron chi connectivity index (χ2n) is 7.17. The first-order chi connectivity index (χ1) is 11.9. The van der Waals surface area contributed by atoms with Gasteiger partial charge in [0, 0.05) is 51.9 Å². The van der Waals surface area contributed by atoms with Gasteiger partial charge in [0.2, 0.25) is 10.0 Å². The Kier molecular flexibility index (Phi) is 10.7. The van der Waals surface area contributed by atoms with Crippen molar-refractivity contribution in [3.8, 4) is 0 Å². The molecule has 0 amide bonds. The van der Waals surface area contributed by atoms with Gasteiger partial charge in [-0.25, -0.2) is 12.7 Å². The van der Waals surface area contributed by atoms with Gasteiger partial charge in [0.25, 0.3) is 0 Å². The largest absolute Gasteiger partial charge is 0.356 e. The zero-order valence-corrected chi connectivity index (χ0v) is 19.6. The molecule has 7 nitrogen and oxygen atoms in total. The molecule has 0 bridgehead atoms. The summed E-state index contributed by atoms with van der Waals surface area (Å²) in [7, 11) is -1.31. The van der Waals surface area contributed by atoms with E-state index >= 15 is 0 Å². The molecular formula is C17H36IN5O2S. The van der Waals surface area contributed by atoms with E-state index in [-0.39, 0.29) is 24.0 Å². The van der Waals surface area contributed by atoms with Crippen LogP contribution in [0.25, 0.3) is 0 Å². The van der Waals surface area contributed by atoms with E-state index in [1.54, 1.807) is 7.05 Å². The normalized spacial score (nSPS) is 22.6. The van der Waals surface area contributed by atoms with Crippen LogP contribution in [-0.4, -0.2) is 81.7 Å². The highest BCUT2D eigenvalue weighted by molar-refractivity contribution is 14.0. The lowest BCUT2D eigenvalue weighted by atomic mass is 10.2. The number of nitrogens with one attached hydrogen (secondary N) is 2. The van der Waals surface area contributed by atoms with Crippen LogP contribution in [0.5, 0.6) is 0 Å². The number of hydrogen-bond donors (Lipinski definition) is 2. The van der Waals surface area contributed by atoms with Crippen LogP contribution in [0.2, 0.25) is 0 Å². The van der Waals surface area contributed by atoms with Crippen molar-refractivity contribution >= 4 is 40.0 Å². The van der Waals surface area contributed by atoms with Crippen LogP contribution in [0.4, 0.5) is 0 Å². The topological polar surface area (TPSA) is 77.0 Å². The fourth-order valence-corrected chi connectivity index (χ4v) is 4.84. The summed E-state index contributed by atoms with van der Waals surface area (Å²) >= 11 is 0. The SMILES string of the molecule is CCN(CCCNC(=NC)NC1CCN(C2CCCC2)C1)S(C)(=O)=O.I. The Bertz CT molecular complexity index is 537. The second kappa shape index (κ2) is 11.7. The predicted molar refractivity (Wildman–Crippen MR) is 119 cm³/mol. The highest BCUT2D eigenvalue weighted by atomic mass is 127. The molecule has 1 aliphatic heterocycles. The third-order valence-electron chi connectivity index (χ3n) is 5.32. The third-order valence-corrected chi connectivity index (χ3v) is 6.70. The summed E-state index contributed by atoms with van der Waals surface area (Å²) in [5, 5.41) is 6.83. The molecule has 2 rings (SSSR count). The molecule has 1 heterocycles. The average molecular weight is 501 g/mol. The molecular weight excluding hydrogens is 465 g/mol. The predicted octanol–water partition coefficient (Wildman–Crippen LogP) is 1.46. The molecule has 1 unspecified atom stereocenters. The fraction of sp³-hybridized carbons (Fsp3) is 0.941. The minimum atomic E-state index is -3.10. The highest BCUT2D eigenvalue weighted by Crippen LogP contribution is 2.26. The Hall–Kier alpha value is -0.130. The minimum absolute atomic E-state index is 0.